The van der Waals surface area contributed by atoms with Crippen LogP contribution in [0.4, 0.5) is 29.7 Å². The third-order valence-corrected chi connectivity index (χ3v) is 8.90. The Kier molecular flexibility index (Phi) is 10.5. The number of fused-ring (bicyclic) bond motifs is 1. The second-order valence-electron chi connectivity index (χ2n) is 13.9. The highest BCUT2D eigenvalue weighted by Gasteiger charge is 2.51. The number of urea groups is 1. The molecule has 5 rings (SSSR count). The quantitative estimate of drug-likeness (QED) is 0.200. The van der Waals surface area contributed by atoms with Crippen LogP contribution in [-0.4, -0.2) is 112 Å². The molecule has 1 saturated carbocycles. The number of imidazole rings is 1. The Morgan fingerprint density at radius 1 is 1.10 bits per heavy atom. The van der Waals surface area contributed by atoms with Crippen molar-refractivity contribution in [2.24, 2.45) is 5.41 Å². The molecule has 6 N–H and O–H groups in total. The molecule has 3 aliphatic rings. The molecule has 4 heterocycles. The van der Waals surface area contributed by atoms with E-state index in [-0.39, 0.29) is 42.0 Å². The number of hydrogen-bond acceptors (Lipinski definition) is 11. The molecule has 2 aliphatic heterocycles. The number of rotatable bonds is 10. The van der Waals surface area contributed by atoms with Crippen LogP contribution in [0.15, 0.2) is 6.33 Å². The van der Waals surface area contributed by atoms with Gasteiger partial charge in [-0.3, -0.25) is 4.79 Å². The van der Waals surface area contributed by atoms with Gasteiger partial charge in [0.1, 0.15) is 6.10 Å². The van der Waals surface area contributed by atoms with Crippen LogP contribution >= 0.6 is 0 Å². The number of carbonyl (C=O) groups is 3. The number of alkyl halides is 3. The third-order valence-electron chi connectivity index (χ3n) is 8.90. The minimum absolute atomic E-state index is 0.0117. The van der Waals surface area contributed by atoms with Crippen molar-refractivity contribution in [1.82, 2.24) is 40.8 Å². The molecule has 2 aromatic rings. The summed E-state index contributed by atoms with van der Waals surface area (Å²) in [5, 5.41) is 26.2. The third kappa shape index (κ3) is 8.37. The van der Waals surface area contributed by atoms with Crippen LogP contribution in [0, 0.1) is 5.41 Å². The van der Waals surface area contributed by atoms with Crippen molar-refractivity contribution in [3.8, 4) is 0 Å². The molecular weight excluding hydrogens is 637 g/mol. The molecule has 0 spiro atoms. The van der Waals surface area contributed by atoms with E-state index < -0.39 is 42.3 Å². The number of anilines is 2. The van der Waals surface area contributed by atoms with Gasteiger partial charge in [0.25, 0.3) is 0 Å². The van der Waals surface area contributed by atoms with Gasteiger partial charge in [-0.05, 0) is 37.6 Å². The molecule has 2 aromatic heterocycles. The number of carbonyl (C=O) groups excluding carboxylic acids is 3. The molecule has 3 fully saturated rings. The molecule has 48 heavy (non-hydrogen) atoms. The zero-order valence-electron chi connectivity index (χ0n) is 27.6. The van der Waals surface area contributed by atoms with Crippen LogP contribution in [0.25, 0.3) is 11.2 Å². The molecule has 0 radical (unpaired) electrons. The minimum Gasteiger partial charge on any atom is -0.451 e. The lowest BCUT2D eigenvalue weighted by molar-refractivity contribution is -0.209. The fourth-order valence-corrected chi connectivity index (χ4v) is 6.27. The fraction of sp³-hybridized carbons (Fsp3) is 0.733. The van der Waals surface area contributed by atoms with Crippen LogP contribution in [0.2, 0.25) is 0 Å². The fourth-order valence-electron chi connectivity index (χ4n) is 6.27. The monoisotopic (exact) mass is 682 g/mol. The lowest BCUT2D eigenvalue weighted by atomic mass is 9.92. The lowest BCUT2D eigenvalue weighted by Gasteiger charge is -2.25. The van der Waals surface area contributed by atoms with E-state index in [4.69, 9.17) is 14.7 Å². The number of aromatic nitrogens is 4. The maximum absolute atomic E-state index is 13.3. The molecule has 15 nitrogen and oxygen atoms in total. The number of hydrogen-bond donors (Lipinski definition) is 6. The molecule has 18 heteroatoms. The van der Waals surface area contributed by atoms with Crippen LogP contribution in [0.1, 0.15) is 65.8 Å². The van der Waals surface area contributed by atoms with Crippen molar-refractivity contribution in [2.75, 3.05) is 42.9 Å². The maximum atomic E-state index is 13.3. The van der Waals surface area contributed by atoms with E-state index in [1.165, 1.54) is 10.9 Å². The summed E-state index contributed by atoms with van der Waals surface area (Å²) in [6.07, 6.45) is -4.91. The van der Waals surface area contributed by atoms with Gasteiger partial charge in [-0.1, -0.05) is 27.7 Å². The second kappa shape index (κ2) is 14.3. The summed E-state index contributed by atoms with van der Waals surface area (Å²) in [5.41, 5.74) is 0.592. The average molecular weight is 683 g/mol. The van der Waals surface area contributed by atoms with Gasteiger partial charge in [-0.15, -0.1) is 0 Å². The Balaban J connectivity index is 1.45. The average Bonchev–Trinajstić information content (AvgIpc) is 3.81. The van der Waals surface area contributed by atoms with Crippen molar-refractivity contribution >= 4 is 40.8 Å². The molecular formula is C30H45F3N10O5. The highest BCUT2D eigenvalue weighted by atomic mass is 19.4. The van der Waals surface area contributed by atoms with Gasteiger partial charge in [0, 0.05) is 44.7 Å². The van der Waals surface area contributed by atoms with E-state index >= 15 is 0 Å². The normalized spacial score (nSPS) is 26.1. The van der Waals surface area contributed by atoms with Crippen LogP contribution in [0.3, 0.4) is 0 Å². The standard InChI is InChI=1S/C30H45F3N10O5/c1-5-20(44)39-18-12-19(23(22(18)45)48-26(46)30(31,32)33)43-15-36-21-24(35-10-8-29(2,3)4)40-27(41-25(21)43)42-11-7-17(14-42)38-28(47)37-16-6-9-34-13-16/h15-19,22-23,34,45H,5-14H2,1-4H3,(H,39,44)(H,35,40,41)(H2,37,38,47)/t16-,17-,18+,19-,22+,23+/m1/s1. The maximum Gasteiger partial charge on any atom is 0.490 e. The number of nitrogens with one attached hydrogen (secondary N) is 5. The smallest absolute Gasteiger partial charge is 0.451 e. The van der Waals surface area contributed by atoms with Crippen LogP contribution in [-0.2, 0) is 14.3 Å². The molecule has 0 aromatic carbocycles. The first kappa shape index (κ1) is 35.4. The minimum atomic E-state index is -5.29. The van der Waals surface area contributed by atoms with E-state index in [1.54, 1.807) is 6.92 Å². The van der Waals surface area contributed by atoms with E-state index in [0.29, 0.717) is 43.3 Å². The topological polar surface area (TPSA) is 188 Å². The second-order valence-corrected chi connectivity index (χ2v) is 13.9. The van der Waals surface area contributed by atoms with Gasteiger partial charge in [0.2, 0.25) is 11.9 Å². The van der Waals surface area contributed by atoms with Gasteiger partial charge < -0.3 is 45.9 Å². The van der Waals surface area contributed by atoms with Crippen molar-refractivity contribution in [3.05, 3.63) is 6.33 Å². The number of aliphatic hydroxyl groups excluding tert-OH is 1. The van der Waals surface area contributed by atoms with Crippen molar-refractivity contribution in [3.63, 3.8) is 0 Å². The highest BCUT2D eigenvalue weighted by Crippen LogP contribution is 2.38. The summed E-state index contributed by atoms with van der Waals surface area (Å²) in [6, 6.07) is -2.41. The number of amides is 3. The Hall–Kier alpha value is -3.93. The number of esters is 1. The predicted molar refractivity (Wildman–Crippen MR) is 169 cm³/mol. The predicted octanol–water partition coefficient (Wildman–Crippen LogP) is 1.59. The molecule has 0 bridgehead atoms. The summed E-state index contributed by atoms with van der Waals surface area (Å²) >= 11 is 0. The van der Waals surface area contributed by atoms with E-state index in [2.05, 4.69) is 52.3 Å². The molecule has 266 valence electrons. The largest absolute Gasteiger partial charge is 0.490 e. The molecule has 0 unspecified atom stereocenters. The number of ether oxygens (including phenoxy) is 1. The lowest BCUT2D eigenvalue weighted by Crippen LogP contribution is -2.47. The summed E-state index contributed by atoms with van der Waals surface area (Å²) in [4.78, 5) is 52.7. The number of aliphatic hydroxyl groups is 1. The zero-order valence-corrected chi connectivity index (χ0v) is 27.6. The zero-order chi connectivity index (χ0) is 34.8. The Morgan fingerprint density at radius 2 is 1.85 bits per heavy atom. The number of nitrogens with zero attached hydrogens (tertiary/aromatic N) is 5. The summed E-state index contributed by atoms with van der Waals surface area (Å²) < 4.78 is 46.2. The molecule has 6 atom stereocenters. The SMILES string of the molecule is CCC(=O)N[C@H]1C[C@@H](n2cnc3c(NCCC(C)(C)C)nc(N4CC[C@@H](NC(=O)N[C@@H]5CCNC5)C4)nc32)[C@H](OC(=O)C(F)(F)F)[C@H]1O. The van der Waals surface area contributed by atoms with E-state index in [1.807, 2.05) is 4.90 Å². The Bertz CT molecular complexity index is 1480. The van der Waals surface area contributed by atoms with Crippen molar-refractivity contribution in [1.29, 1.82) is 0 Å². The van der Waals surface area contributed by atoms with Gasteiger partial charge >= 0.3 is 18.2 Å². The van der Waals surface area contributed by atoms with Gasteiger partial charge in [-0.25, -0.2) is 14.6 Å². The molecule has 1 aliphatic carbocycles. The van der Waals surface area contributed by atoms with Gasteiger partial charge in [0.15, 0.2) is 23.1 Å². The first-order chi connectivity index (χ1) is 22.6. The summed E-state index contributed by atoms with van der Waals surface area (Å²) in [7, 11) is 0. The summed E-state index contributed by atoms with van der Waals surface area (Å²) in [5.74, 6) is -2.16. The van der Waals surface area contributed by atoms with E-state index in [0.717, 1.165) is 25.9 Å². The van der Waals surface area contributed by atoms with Crippen molar-refractivity contribution in [2.45, 2.75) is 102 Å². The van der Waals surface area contributed by atoms with Crippen molar-refractivity contribution < 1.29 is 37.4 Å². The Labute approximate surface area is 276 Å². The molecule has 3 amide bonds. The van der Waals surface area contributed by atoms with Crippen LogP contribution < -0.4 is 31.5 Å². The summed E-state index contributed by atoms with van der Waals surface area (Å²) in [6.45, 7) is 11.0. The molecule has 2 saturated heterocycles. The first-order valence-electron chi connectivity index (χ1n) is 16.4. The number of halogens is 3. The van der Waals surface area contributed by atoms with E-state index in [9.17, 15) is 32.7 Å². The van der Waals surface area contributed by atoms with Gasteiger partial charge in [-0.2, -0.15) is 23.1 Å². The van der Waals surface area contributed by atoms with Crippen LogP contribution in [0.5, 0.6) is 0 Å². The highest BCUT2D eigenvalue weighted by molar-refractivity contribution is 5.85. The first-order valence-corrected chi connectivity index (χ1v) is 16.4. The Morgan fingerprint density at radius 3 is 2.52 bits per heavy atom. The van der Waals surface area contributed by atoms with Gasteiger partial charge in [0.05, 0.1) is 18.4 Å².